The van der Waals surface area contributed by atoms with Gasteiger partial charge in [-0.05, 0) is 39.2 Å². The Balaban J connectivity index is 1.52. The number of carbonyl (C=O) groups is 2. The fraction of sp³-hybridized carbons (Fsp3) is 0.722. The lowest BCUT2D eigenvalue weighted by Crippen LogP contribution is -2.43. The third-order valence-electron chi connectivity index (χ3n) is 5.10. The number of rotatable bonds is 6. The zero-order chi connectivity index (χ0) is 17.6. The summed E-state index contributed by atoms with van der Waals surface area (Å²) in [6, 6.07) is 2.25. The van der Waals surface area contributed by atoms with Crippen LogP contribution in [-0.4, -0.2) is 52.8 Å². The Morgan fingerprint density at radius 1 is 1.28 bits per heavy atom. The molecule has 1 N–H and O–H groups in total. The SMILES string of the molecule is CCOC(=O)[C@@H]1CCCN(CC(=O)Nc2ccnn2C2CCCC2)C1. The van der Waals surface area contributed by atoms with Crippen LogP contribution in [0.4, 0.5) is 5.82 Å². The number of nitrogens with zero attached hydrogens (tertiary/aromatic N) is 3. The smallest absolute Gasteiger partial charge is 0.310 e. The first-order chi connectivity index (χ1) is 12.2. The summed E-state index contributed by atoms with van der Waals surface area (Å²) in [6.45, 7) is 3.95. The van der Waals surface area contributed by atoms with Crippen LogP contribution >= 0.6 is 0 Å². The number of nitrogens with one attached hydrogen (secondary N) is 1. The van der Waals surface area contributed by atoms with E-state index in [2.05, 4.69) is 10.4 Å². The Kier molecular flexibility index (Phi) is 6.07. The van der Waals surface area contributed by atoms with Crippen LogP contribution in [0.2, 0.25) is 0 Å². The van der Waals surface area contributed by atoms with E-state index in [9.17, 15) is 9.59 Å². The van der Waals surface area contributed by atoms with Crippen LogP contribution < -0.4 is 5.32 Å². The van der Waals surface area contributed by atoms with Crippen molar-refractivity contribution >= 4 is 17.7 Å². The van der Waals surface area contributed by atoms with Gasteiger partial charge in [-0.2, -0.15) is 5.10 Å². The molecule has 7 heteroatoms. The first-order valence-electron chi connectivity index (χ1n) is 9.39. The molecule has 7 nitrogen and oxygen atoms in total. The molecule has 3 rings (SSSR count). The Hall–Kier alpha value is -1.89. The van der Waals surface area contributed by atoms with Gasteiger partial charge in [-0.15, -0.1) is 0 Å². The maximum atomic E-state index is 12.4. The summed E-state index contributed by atoms with van der Waals surface area (Å²) in [5.41, 5.74) is 0. The Bertz CT molecular complexity index is 595. The van der Waals surface area contributed by atoms with Crippen molar-refractivity contribution in [1.29, 1.82) is 0 Å². The quantitative estimate of drug-likeness (QED) is 0.798. The highest BCUT2D eigenvalue weighted by Gasteiger charge is 2.28. The molecule has 2 heterocycles. The van der Waals surface area contributed by atoms with Gasteiger partial charge in [0.05, 0.1) is 31.3 Å². The van der Waals surface area contributed by atoms with Gasteiger partial charge in [-0.1, -0.05) is 12.8 Å². The van der Waals surface area contributed by atoms with E-state index in [0.717, 1.165) is 38.0 Å². The highest BCUT2D eigenvalue weighted by Crippen LogP contribution is 2.31. The second kappa shape index (κ2) is 8.47. The van der Waals surface area contributed by atoms with E-state index in [1.54, 1.807) is 6.20 Å². The maximum absolute atomic E-state index is 12.4. The lowest BCUT2D eigenvalue weighted by atomic mass is 9.98. The molecule has 1 aromatic heterocycles. The van der Waals surface area contributed by atoms with E-state index in [4.69, 9.17) is 4.74 Å². The molecule has 1 aliphatic heterocycles. The molecule has 2 aliphatic rings. The number of aromatic nitrogens is 2. The first kappa shape index (κ1) is 17.9. The van der Waals surface area contributed by atoms with Crippen molar-refractivity contribution in [3.05, 3.63) is 12.3 Å². The van der Waals surface area contributed by atoms with Gasteiger partial charge >= 0.3 is 5.97 Å². The molecular weight excluding hydrogens is 320 g/mol. The molecule has 25 heavy (non-hydrogen) atoms. The Morgan fingerprint density at radius 2 is 2.08 bits per heavy atom. The van der Waals surface area contributed by atoms with E-state index in [-0.39, 0.29) is 17.8 Å². The molecule has 2 fully saturated rings. The predicted octanol–water partition coefficient (Wildman–Crippen LogP) is 2.21. The number of carbonyl (C=O) groups excluding carboxylic acids is 2. The fourth-order valence-electron chi connectivity index (χ4n) is 3.89. The van der Waals surface area contributed by atoms with E-state index in [0.29, 0.717) is 25.7 Å². The summed E-state index contributed by atoms with van der Waals surface area (Å²) in [5.74, 6) is 0.456. The second-order valence-corrected chi connectivity index (χ2v) is 6.97. The normalized spacial score (nSPS) is 22.0. The van der Waals surface area contributed by atoms with Crippen molar-refractivity contribution in [1.82, 2.24) is 14.7 Å². The van der Waals surface area contributed by atoms with Gasteiger partial charge in [0.15, 0.2) is 0 Å². The number of piperidine rings is 1. The highest BCUT2D eigenvalue weighted by atomic mass is 16.5. The van der Waals surface area contributed by atoms with Crippen LogP contribution in [0.5, 0.6) is 0 Å². The third-order valence-corrected chi connectivity index (χ3v) is 5.10. The largest absolute Gasteiger partial charge is 0.466 e. The second-order valence-electron chi connectivity index (χ2n) is 6.97. The number of anilines is 1. The third kappa shape index (κ3) is 4.60. The lowest BCUT2D eigenvalue weighted by Gasteiger charge is -2.30. The zero-order valence-corrected chi connectivity index (χ0v) is 14.9. The monoisotopic (exact) mass is 348 g/mol. The summed E-state index contributed by atoms with van der Waals surface area (Å²) >= 11 is 0. The molecule has 138 valence electrons. The molecule has 0 bridgehead atoms. The molecule has 0 radical (unpaired) electrons. The van der Waals surface area contributed by atoms with Crippen molar-refractivity contribution in [2.75, 3.05) is 31.6 Å². The fourth-order valence-corrected chi connectivity index (χ4v) is 3.89. The van der Waals surface area contributed by atoms with Gasteiger partial charge in [-0.25, -0.2) is 4.68 Å². The van der Waals surface area contributed by atoms with Crippen molar-refractivity contribution in [3.8, 4) is 0 Å². The number of ether oxygens (including phenoxy) is 1. The molecule has 1 aliphatic carbocycles. The van der Waals surface area contributed by atoms with E-state index in [1.165, 1.54) is 12.8 Å². The number of amides is 1. The van der Waals surface area contributed by atoms with Crippen LogP contribution in [0.25, 0.3) is 0 Å². The van der Waals surface area contributed by atoms with Crippen LogP contribution in [0.3, 0.4) is 0 Å². The van der Waals surface area contributed by atoms with Gasteiger partial charge in [0.1, 0.15) is 5.82 Å². The number of likely N-dealkylation sites (tertiary alicyclic amines) is 1. The van der Waals surface area contributed by atoms with Crippen molar-refractivity contribution in [2.45, 2.75) is 51.5 Å². The highest BCUT2D eigenvalue weighted by molar-refractivity contribution is 5.91. The summed E-state index contributed by atoms with van der Waals surface area (Å²) in [6.07, 6.45) is 8.19. The van der Waals surface area contributed by atoms with Crippen LogP contribution in [0.15, 0.2) is 12.3 Å². The number of hydrogen-bond donors (Lipinski definition) is 1. The maximum Gasteiger partial charge on any atom is 0.310 e. The molecule has 1 saturated heterocycles. The summed E-state index contributed by atoms with van der Waals surface area (Å²) < 4.78 is 7.06. The number of esters is 1. The van der Waals surface area contributed by atoms with Crippen molar-refractivity contribution < 1.29 is 14.3 Å². The summed E-state index contributed by atoms with van der Waals surface area (Å²) in [5, 5.41) is 7.37. The molecule has 1 saturated carbocycles. The van der Waals surface area contributed by atoms with Crippen LogP contribution in [-0.2, 0) is 14.3 Å². The predicted molar refractivity (Wildman–Crippen MR) is 94.2 cm³/mol. The van der Waals surface area contributed by atoms with Crippen molar-refractivity contribution in [2.24, 2.45) is 5.92 Å². The molecule has 0 unspecified atom stereocenters. The average molecular weight is 348 g/mol. The molecule has 1 atom stereocenters. The van der Waals surface area contributed by atoms with Crippen LogP contribution in [0.1, 0.15) is 51.5 Å². The summed E-state index contributed by atoms with van der Waals surface area (Å²) in [4.78, 5) is 26.4. The number of hydrogen-bond acceptors (Lipinski definition) is 5. The standard InChI is InChI=1S/C18H28N4O3/c1-2-25-18(24)14-6-5-11-21(12-14)13-17(23)20-16-9-10-19-22(16)15-7-3-4-8-15/h9-10,14-15H,2-8,11-13H2,1H3,(H,20,23)/t14-/m1/s1. The Morgan fingerprint density at radius 3 is 2.84 bits per heavy atom. The molecule has 0 aromatic carbocycles. The minimum Gasteiger partial charge on any atom is -0.466 e. The topological polar surface area (TPSA) is 76.5 Å². The first-order valence-corrected chi connectivity index (χ1v) is 9.39. The zero-order valence-electron chi connectivity index (χ0n) is 14.9. The molecule has 1 amide bonds. The molecule has 0 spiro atoms. The Labute approximate surface area is 148 Å². The molecule has 1 aromatic rings. The van der Waals surface area contributed by atoms with Crippen LogP contribution in [0, 0.1) is 5.92 Å². The van der Waals surface area contributed by atoms with E-state index < -0.39 is 0 Å². The lowest BCUT2D eigenvalue weighted by molar-refractivity contribution is -0.150. The van der Waals surface area contributed by atoms with Gasteiger partial charge in [-0.3, -0.25) is 14.5 Å². The minimum atomic E-state index is -0.146. The average Bonchev–Trinajstić information content (AvgIpc) is 3.26. The van der Waals surface area contributed by atoms with Gasteiger partial charge in [0.2, 0.25) is 5.91 Å². The van der Waals surface area contributed by atoms with E-state index in [1.807, 2.05) is 22.6 Å². The van der Waals surface area contributed by atoms with Gasteiger partial charge in [0.25, 0.3) is 0 Å². The minimum absolute atomic E-state index is 0.0516. The van der Waals surface area contributed by atoms with E-state index >= 15 is 0 Å². The van der Waals surface area contributed by atoms with Crippen molar-refractivity contribution in [3.63, 3.8) is 0 Å². The molecular formula is C18H28N4O3. The summed E-state index contributed by atoms with van der Waals surface area (Å²) in [7, 11) is 0. The van der Waals surface area contributed by atoms with Gasteiger partial charge in [0, 0.05) is 12.6 Å². The van der Waals surface area contributed by atoms with Gasteiger partial charge < -0.3 is 10.1 Å².